The van der Waals surface area contributed by atoms with E-state index >= 15 is 0 Å². The first-order valence-corrected chi connectivity index (χ1v) is 7.47. The van der Waals surface area contributed by atoms with Crippen molar-refractivity contribution in [3.05, 3.63) is 17.8 Å². The Balaban J connectivity index is 1.94. The minimum absolute atomic E-state index is 0.0201. The number of hydrogen-bond acceptors (Lipinski definition) is 5. The first-order valence-electron chi connectivity index (χ1n) is 7.47. The van der Waals surface area contributed by atoms with Crippen molar-refractivity contribution in [3.63, 3.8) is 0 Å². The van der Waals surface area contributed by atoms with E-state index in [1.807, 2.05) is 27.7 Å². The highest BCUT2D eigenvalue weighted by atomic mass is 16.5. The van der Waals surface area contributed by atoms with Crippen molar-refractivity contribution in [2.24, 2.45) is 11.1 Å². The Morgan fingerprint density at radius 3 is 2.81 bits per heavy atom. The highest BCUT2D eigenvalue weighted by molar-refractivity contribution is 5.88. The molecule has 0 spiro atoms. The molecule has 6 heteroatoms. The molecule has 2 rings (SSSR count). The predicted octanol–water partition coefficient (Wildman–Crippen LogP) is 1.39. The summed E-state index contributed by atoms with van der Waals surface area (Å²) in [5.41, 5.74) is 5.00. The Labute approximate surface area is 125 Å². The molecule has 1 saturated carbocycles. The number of ether oxygens (including phenoxy) is 1. The lowest BCUT2D eigenvalue weighted by Crippen LogP contribution is -2.75. The molecule has 0 aliphatic heterocycles. The fourth-order valence-electron chi connectivity index (χ4n) is 2.73. The first kappa shape index (κ1) is 16.0. The molecule has 3 N–H and O–H groups in total. The average molecular weight is 295 g/mol. The molecule has 0 radical (unpaired) electrons. The van der Waals surface area contributed by atoms with Gasteiger partial charge in [-0.1, -0.05) is 20.8 Å². The Kier molecular flexibility index (Phi) is 4.39. The van der Waals surface area contributed by atoms with E-state index in [0.29, 0.717) is 18.9 Å². The van der Waals surface area contributed by atoms with Crippen LogP contribution in [0.1, 0.15) is 45.8 Å². The van der Waals surface area contributed by atoms with Gasteiger partial charge in [0.25, 0.3) is 0 Å². The molecule has 0 bridgehead atoms. The average Bonchev–Trinajstić information content (AvgIpc) is 2.92. The molecule has 1 heterocycles. The topological polar surface area (TPSA) is 90.4 Å². The van der Waals surface area contributed by atoms with Gasteiger partial charge in [-0.2, -0.15) is 0 Å². The van der Waals surface area contributed by atoms with E-state index in [0.717, 1.165) is 12.2 Å². The van der Waals surface area contributed by atoms with Crippen molar-refractivity contribution in [2.75, 3.05) is 6.61 Å². The Morgan fingerprint density at radius 1 is 1.57 bits per heavy atom. The normalized spacial score (nSPS) is 27.2. The van der Waals surface area contributed by atoms with Crippen LogP contribution >= 0.6 is 0 Å². The molecule has 2 unspecified atom stereocenters. The van der Waals surface area contributed by atoms with E-state index in [1.54, 1.807) is 6.20 Å². The van der Waals surface area contributed by atoms with E-state index in [2.05, 4.69) is 10.3 Å². The molecule has 1 aliphatic rings. The Bertz CT molecular complexity index is 512. The number of aromatic nitrogens is 1. The maximum absolute atomic E-state index is 12.4. The maximum Gasteiger partial charge on any atom is 0.241 e. The molecule has 6 nitrogen and oxygen atoms in total. The molecule has 0 aromatic carbocycles. The Hall–Kier alpha value is -1.40. The van der Waals surface area contributed by atoms with Gasteiger partial charge >= 0.3 is 0 Å². The zero-order valence-corrected chi connectivity index (χ0v) is 13.2. The van der Waals surface area contributed by atoms with Crippen molar-refractivity contribution in [1.82, 2.24) is 10.3 Å². The minimum Gasteiger partial charge on any atom is -0.444 e. The van der Waals surface area contributed by atoms with Crippen LogP contribution in [0.4, 0.5) is 0 Å². The minimum atomic E-state index is -0.910. The number of nitrogens with one attached hydrogen (secondary N) is 1. The van der Waals surface area contributed by atoms with Crippen molar-refractivity contribution in [1.29, 1.82) is 0 Å². The third kappa shape index (κ3) is 2.70. The SMILES string of the molecule is CCOC1CC(N)(C(=O)NCc2ncc(CC)o2)C1(C)C. The molecule has 2 atom stereocenters. The fourth-order valence-corrected chi connectivity index (χ4v) is 2.73. The zero-order chi connectivity index (χ0) is 15.7. The van der Waals surface area contributed by atoms with E-state index < -0.39 is 11.0 Å². The van der Waals surface area contributed by atoms with Gasteiger partial charge in [0.05, 0.1) is 18.8 Å². The van der Waals surface area contributed by atoms with Crippen LogP contribution in [-0.4, -0.2) is 29.1 Å². The second-order valence-corrected chi connectivity index (χ2v) is 6.10. The number of nitrogens with two attached hydrogens (primary N) is 1. The number of carbonyl (C=O) groups excluding carboxylic acids is 1. The third-order valence-electron chi connectivity index (χ3n) is 4.59. The molecule has 1 fully saturated rings. The monoisotopic (exact) mass is 295 g/mol. The van der Waals surface area contributed by atoms with Gasteiger partial charge in [-0.3, -0.25) is 4.79 Å². The quantitative estimate of drug-likeness (QED) is 0.827. The summed E-state index contributed by atoms with van der Waals surface area (Å²) >= 11 is 0. The number of carbonyl (C=O) groups is 1. The van der Waals surface area contributed by atoms with Crippen LogP contribution in [0, 0.1) is 5.41 Å². The standard InChI is InChI=1S/C15H25N3O3/c1-5-10-8-17-12(21-10)9-18-13(19)15(16)7-11(20-6-2)14(15,3)4/h8,11H,5-7,9,16H2,1-4H3,(H,18,19). The van der Waals surface area contributed by atoms with Gasteiger partial charge in [0.2, 0.25) is 11.8 Å². The van der Waals surface area contributed by atoms with Crippen LogP contribution in [0.25, 0.3) is 0 Å². The van der Waals surface area contributed by atoms with Crippen LogP contribution in [0.15, 0.2) is 10.6 Å². The Morgan fingerprint density at radius 2 is 2.29 bits per heavy atom. The van der Waals surface area contributed by atoms with Gasteiger partial charge in [0.1, 0.15) is 11.3 Å². The summed E-state index contributed by atoms with van der Waals surface area (Å²) in [7, 11) is 0. The number of rotatable bonds is 6. The first-order chi connectivity index (χ1) is 9.85. The van der Waals surface area contributed by atoms with E-state index in [1.165, 1.54) is 0 Å². The molecule has 1 aliphatic carbocycles. The van der Waals surface area contributed by atoms with Crippen molar-refractivity contribution < 1.29 is 13.9 Å². The molecule has 118 valence electrons. The summed E-state index contributed by atoms with van der Waals surface area (Å²) in [5.74, 6) is 1.13. The number of nitrogens with zero attached hydrogens (tertiary/aromatic N) is 1. The van der Waals surface area contributed by atoms with Gasteiger partial charge in [-0.15, -0.1) is 0 Å². The summed E-state index contributed by atoms with van der Waals surface area (Å²) in [5, 5.41) is 2.82. The summed E-state index contributed by atoms with van der Waals surface area (Å²) in [6.07, 6.45) is 3.01. The van der Waals surface area contributed by atoms with Gasteiger partial charge in [0, 0.05) is 24.9 Å². The second kappa shape index (κ2) is 5.77. The number of oxazole rings is 1. The second-order valence-electron chi connectivity index (χ2n) is 6.10. The number of aryl methyl sites for hydroxylation is 1. The third-order valence-corrected chi connectivity index (χ3v) is 4.59. The predicted molar refractivity (Wildman–Crippen MR) is 78.5 cm³/mol. The van der Waals surface area contributed by atoms with Gasteiger partial charge in [-0.25, -0.2) is 4.98 Å². The van der Waals surface area contributed by atoms with Gasteiger partial charge in [-0.05, 0) is 6.92 Å². The lowest BCUT2D eigenvalue weighted by atomic mass is 9.54. The van der Waals surface area contributed by atoms with Crippen molar-refractivity contribution in [2.45, 2.75) is 58.7 Å². The molecule has 0 saturated heterocycles. The van der Waals surface area contributed by atoms with Gasteiger partial charge in [0.15, 0.2) is 0 Å². The zero-order valence-electron chi connectivity index (χ0n) is 13.2. The summed E-state index contributed by atoms with van der Waals surface area (Å²) in [6, 6.07) is 0. The maximum atomic E-state index is 12.4. The highest BCUT2D eigenvalue weighted by Crippen LogP contribution is 2.49. The highest BCUT2D eigenvalue weighted by Gasteiger charge is 2.62. The molecule has 21 heavy (non-hydrogen) atoms. The largest absolute Gasteiger partial charge is 0.444 e. The molecular formula is C15H25N3O3. The van der Waals surface area contributed by atoms with Crippen LogP contribution in [0.3, 0.4) is 0 Å². The smallest absolute Gasteiger partial charge is 0.241 e. The van der Waals surface area contributed by atoms with Crippen molar-refractivity contribution in [3.8, 4) is 0 Å². The lowest BCUT2D eigenvalue weighted by Gasteiger charge is -2.57. The summed E-state index contributed by atoms with van der Waals surface area (Å²) < 4.78 is 11.1. The number of amides is 1. The fraction of sp³-hybridized carbons (Fsp3) is 0.733. The molecule has 1 aromatic heterocycles. The molecule has 1 amide bonds. The van der Waals surface area contributed by atoms with Crippen LogP contribution in [0.5, 0.6) is 0 Å². The van der Waals surface area contributed by atoms with Crippen LogP contribution in [0.2, 0.25) is 0 Å². The van der Waals surface area contributed by atoms with Crippen LogP contribution in [-0.2, 0) is 22.5 Å². The summed E-state index contributed by atoms with van der Waals surface area (Å²) in [4.78, 5) is 16.5. The number of hydrogen-bond donors (Lipinski definition) is 2. The van der Waals surface area contributed by atoms with E-state index in [4.69, 9.17) is 14.9 Å². The molecule has 1 aromatic rings. The van der Waals surface area contributed by atoms with Crippen molar-refractivity contribution >= 4 is 5.91 Å². The summed E-state index contributed by atoms with van der Waals surface area (Å²) in [6.45, 7) is 8.76. The molecular weight excluding hydrogens is 270 g/mol. The van der Waals surface area contributed by atoms with E-state index in [9.17, 15) is 4.79 Å². The lowest BCUT2D eigenvalue weighted by molar-refractivity contribution is -0.170. The van der Waals surface area contributed by atoms with E-state index in [-0.39, 0.29) is 18.6 Å². The van der Waals surface area contributed by atoms with Gasteiger partial charge < -0.3 is 20.2 Å². The van der Waals surface area contributed by atoms with Crippen LogP contribution < -0.4 is 11.1 Å².